The molecular formula is C22H22N8. The van der Waals surface area contributed by atoms with E-state index in [1.165, 1.54) is 0 Å². The second-order valence-electron chi connectivity index (χ2n) is 7.18. The summed E-state index contributed by atoms with van der Waals surface area (Å²) >= 11 is 0. The Balaban J connectivity index is 1.95. The molecule has 3 heterocycles. The van der Waals surface area contributed by atoms with Gasteiger partial charge in [-0.05, 0) is 36.8 Å². The molecule has 1 unspecified atom stereocenters. The molecule has 0 fully saturated rings. The number of hydrogen-bond acceptors (Lipinski definition) is 7. The minimum Gasteiger partial charge on any atom is -0.404 e. The predicted octanol–water partition coefficient (Wildman–Crippen LogP) is 3.10. The number of nitrogens with two attached hydrogens (primary N) is 1. The minimum atomic E-state index is 0.112. The van der Waals surface area contributed by atoms with Crippen LogP contribution in [0.3, 0.4) is 0 Å². The number of nitrogens with zero attached hydrogens (tertiary/aromatic N) is 7. The molecule has 0 aliphatic carbocycles. The van der Waals surface area contributed by atoms with Gasteiger partial charge in [-0.25, -0.2) is 4.98 Å². The highest BCUT2D eigenvalue weighted by atomic mass is 15.3. The summed E-state index contributed by atoms with van der Waals surface area (Å²) in [6.07, 6.45) is 4.88. The fourth-order valence-corrected chi connectivity index (χ4v) is 3.74. The SMILES string of the molecule is CN=CC(=CN)c1ccc2c(c1)N(c1ccc(C#N)cn1)CC(C)c1nnc(C)n1-2. The Bertz CT molecular complexity index is 1180. The van der Waals surface area contributed by atoms with Crippen LogP contribution in [-0.2, 0) is 0 Å². The molecule has 4 rings (SSSR count). The van der Waals surface area contributed by atoms with Crippen LogP contribution in [0.15, 0.2) is 47.7 Å². The van der Waals surface area contributed by atoms with Crippen molar-refractivity contribution in [3.8, 4) is 11.8 Å². The van der Waals surface area contributed by atoms with Crippen LogP contribution in [0.4, 0.5) is 11.5 Å². The van der Waals surface area contributed by atoms with Crippen LogP contribution in [0.25, 0.3) is 11.3 Å². The van der Waals surface area contributed by atoms with Crippen molar-refractivity contribution in [2.75, 3.05) is 18.5 Å². The molecule has 0 spiro atoms. The van der Waals surface area contributed by atoms with Gasteiger partial charge in [0.15, 0.2) is 0 Å². The molecule has 0 radical (unpaired) electrons. The zero-order valence-electron chi connectivity index (χ0n) is 17.1. The van der Waals surface area contributed by atoms with Crippen molar-refractivity contribution in [1.29, 1.82) is 5.26 Å². The van der Waals surface area contributed by atoms with E-state index in [-0.39, 0.29) is 5.92 Å². The lowest BCUT2D eigenvalue weighted by atomic mass is 10.0. The Morgan fingerprint density at radius 3 is 2.77 bits per heavy atom. The summed E-state index contributed by atoms with van der Waals surface area (Å²) in [5.41, 5.74) is 10.1. The van der Waals surface area contributed by atoms with Crippen molar-refractivity contribution in [2.24, 2.45) is 10.7 Å². The minimum absolute atomic E-state index is 0.112. The van der Waals surface area contributed by atoms with E-state index in [0.29, 0.717) is 12.1 Å². The topological polar surface area (TPSA) is 109 Å². The Labute approximate surface area is 175 Å². The molecular weight excluding hydrogens is 376 g/mol. The summed E-state index contributed by atoms with van der Waals surface area (Å²) in [5, 5.41) is 17.9. The lowest BCUT2D eigenvalue weighted by Crippen LogP contribution is -2.23. The first-order valence-corrected chi connectivity index (χ1v) is 9.61. The van der Waals surface area contributed by atoms with Crippen LogP contribution in [0.5, 0.6) is 0 Å². The zero-order valence-corrected chi connectivity index (χ0v) is 17.1. The van der Waals surface area contributed by atoms with Crippen molar-refractivity contribution in [1.82, 2.24) is 19.7 Å². The maximum atomic E-state index is 9.13. The third-order valence-corrected chi connectivity index (χ3v) is 5.19. The first kappa shape index (κ1) is 19.3. The van der Waals surface area contributed by atoms with Crippen molar-refractivity contribution < 1.29 is 0 Å². The molecule has 0 bridgehead atoms. The lowest BCUT2D eigenvalue weighted by molar-refractivity contribution is 0.693. The molecule has 3 aromatic rings. The van der Waals surface area contributed by atoms with E-state index < -0.39 is 0 Å². The molecule has 1 atom stereocenters. The Hall–Kier alpha value is -3.99. The molecule has 2 N–H and O–H groups in total. The third-order valence-electron chi connectivity index (χ3n) is 5.19. The van der Waals surface area contributed by atoms with Crippen molar-refractivity contribution >= 4 is 23.3 Å². The quantitative estimate of drug-likeness (QED) is 0.679. The van der Waals surface area contributed by atoms with Gasteiger partial charge in [0.25, 0.3) is 0 Å². The number of fused-ring (bicyclic) bond motifs is 3. The van der Waals surface area contributed by atoms with Crippen LogP contribution in [-0.4, -0.2) is 39.6 Å². The maximum absolute atomic E-state index is 9.13. The van der Waals surface area contributed by atoms with E-state index in [0.717, 1.165) is 40.0 Å². The van der Waals surface area contributed by atoms with Gasteiger partial charge in [0, 0.05) is 43.7 Å². The van der Waals surface area contributed by atoms with Gasteiger partial charge in [-0.2, -0.15) is 5.26 Å². The average molecular weight is 398 g/mol. The summed E-state index contributed by atoms with van der Waals surface area (Å²) < 4.78 is 2.09. The molecule has 0 saturated heterocycles. The summed E-state index contributed by atoms with van der Waals surface area (Å²) in [4.78, 5) is 10.8. The summed E-state index contributed by atoms with van der Waals surface area (Å²) in [7, 11) is 1.72. The van der Waals surface area contributed by atoms with E-state index in [4.69, 9.17) is 11.0 Å². The highest BCUT2D eigenvalue weighted by molar-refractivity contribution is 6.10. The molecule has 2 aromatic heterocycles. The number of aliphatic imine (C=N–C) groups is 1. The molecule has 1 aromatic carbocycles. The molecule has 1 aliphatic heterocycles. The second-order valence-corrected chi connectivity index (χ2v) is 7.18. The molecule has 150 valence electrons. The van der Waals surface area contributed by atoms with Gasteiger partial charge in [-0.15, -0.1) is 10.2 Å². The lowest BCUT2D eigenvalue weighted by Gasteiger charge is -2.26. The number of allylic oxidation sites excluding steroid dienone is 1. The summed E-state index contributed by atoms with van der Waals surface area (Å²) in [6, 6.07) is 11.9. The fraction of sp³-hybridized carbons (Fsp3) is 0.227. The van der Waals surface area contributed by atoms with Crippen molar-refractivity contribution in [2.45, 2.75) is 19.8 Å². The first-order chi connectivity index (χ1) is 14.6. The van der Waals surface area contributed by atoms with Crippen molar-refractivity contribution in [3.63, 3.8) is 0 Å². The predicted molar refractivity (Wildman–Crippen MR) is 117 cm³/mol. The largest absolute Gasteiger partial charge is 0.404 e. The third kappa shape index (κ3) is 3.20. The molecule has 0 saturated carbocycles. The van der Waals surface area contributed by atoms with Crippen LogP contribution >= 0.6 is 0 Å². The maximum Gasteiger partial charge on any atom is 0.142 e. The molecule has 8 heteroatoms. The zero-order chi connectivity index (χ0) is 21.3. The number of anilines is 2. The number of aromatic nitrogens is 4. The monoisotopic (exact) mass is 398 g/mol. The van der Waals surface area contributed by atoms with Crippen molar-refractivity contribution in [3.05, 3.63) is 65.5 Å². The normalized spacial score (nSPS) is 16.1. The highest BCUT2D eigenvalue weighted by Gasteiger charge is 2.29. The van der Waals surface area contributed by atoms with Crippen LogP contribution in [0.1, 0.15) is 35.6 Å². The van der Waals surface area contributed by atoms with E-state index in [9.17, 15) is 0 Å². The van der Waals surface area contributed by atoms with Gasteiger partial charge in [-0.1, -0.05) is 13.0 Å². The van der Waals surface area contributed by atoms with Crippen LogP contribution in [0, 0.1) is 18.3 Å². The Morgan fingerprint density at radius 2 is 2.10 bits per heavy atom. The van der Waals surface area contributed by atoms with Gasteiger partial charge in [0.1, 0.15) is 23.5 Å². The molecule has 30 heavy (non-hydrogen) atoms. The van der Waals surface area contributed by atoms with E-state index in [2.05, 4.69) is 48.7 Å². The molecule has 8 nitrogen and oxygen atoms in total. The summed E-state index contributed by atoms with van der Waals surface area (Å²) in [6.45, 7) is 4.74. The number of aryl methyl sites for hydroxylation is 1. The number of rotatable bonds is 3. The van der Waals surface area contributed by atoms with Crippen LogP contribution < -0.4 is 10.6 Å². The Kier molecular flexibility index (Phi) is 5.02. The average Bonchev–Trinajstić information content (AvgIpc) is 3.11. The fourth-order valence-electron chi connectivity index (χ4n) is 3.74. The van der Waals surface area contributed by atoms with E-state index in [1.807, 2.05) is 25.1 Å². The molecule has 0 amide bonds. The second kappa shape index (κ2) is 7.79. The number of pyridine rings is 1. The summed E-state index contributed by atoms with van der Waals surface area (Å²) in [5.74, 6) is 2.60. The standard InChI is InChI=1S/C22H22N8/c1-14-13-29(21-7-4-16(9-23)11-26-21)20-8-17(18(10-24)12-25-3)5-6-19(20)30-15(2)27-28-22(14)30/h4-8,10-12,14H,13,24H2,1-3H3. The van der Waals surface area contributed by atoms with Crippen LogP contribution in [0.2, 0.25) is 0 Å². The number of benzene rings is 1. The number of nitriles is 1. The number of hydrogen-bond donors (Lipinski definition) is 1. The van der Waals surface area contributed by atoms with E-state index >= 15 is 0 Å². The van der Waals surface area contributed by atoms with Gasteiger partial charge in [0.05, 0.1) is 16.9 Å². The van der Waals surface area contributed by atoms with E-state index in [1.54, 1.807) is 31.7 Å². The molecule has 1 aliphatic rings. The van der Waals surface area contributed by atoms with Gasteiger partial charge in [0.2, 0.25) is 0 Å². The van der Waals surface area contributed by atoms with Gasteiger partial charge in [-0.3, -0.25) is 9.56 Å². The first-order valence-electron chi connectivity index (χ1n) is 9.61. The van der Waals surface area contributed by atoms with Gasteiger partial charge < -0.3 is 10.6 Å². The smallest absolute Gasteiger partial charge is 0.142 e. The highest BCUT2D eigenvalue weighted by Crippen LogP contribution is 2.38. The Morgan fingerprint density at radius 1 is 1.27 bits per heavy atom. The van der Waals surface area contributed by atoms with Gasteiger partial charge >= 0.3 is 0 Å².